The first-order valence-corrected chi connectivity index (χ1v) is 3.59. The number of rotatable bonds is 0. The molecular weight excluding hydrogens is 126 g/mol. The molecule has 0 aromatic rings. The number of likely N-dealkylation sites (N-methyl/N-ethyl adjacent to an activating group) is 2. The van der Waals surface area contributed by atoms with Crippen LogP contribution in [-0.4, -0.2) is 56.4 Å². The van der Waals surface area contributed by atoms with Crippen molar-refractivity contribution in [3.8, 4) is 0 Å². The van der Waals surface area contributed by atoms with Crippen LogP contribution in [0.25, 0.3) is 0 Å². The van der Waals surface area contributed by atoms with E-state index in [0.717, 1.165) is 19.6 Å². The van der Waals surface area contributed by atoms with Gasteiger partial charge in [-0.1, -0.05) is 0 Å². The number of aliphatic imine (C=N–C) groups is 1. The Morgan fingerprint density at radius 3 is 2.50 bits per heavy atom. The first kappa shape index (κ1) is 7.54. The topological polar surface area (TPSA) is 18.8 Å². The lowest BCUT2D eigenvalue weighted by atomic mass is 10.3. The number of nitrogens with zero attached hydrogens (tertiary/aromatic N) is 3. The van der Waals surface area contributed by atoms with Crippen molar-refractivity contribution in [1.29, 1.82) is 0 Å². The van der Waals surface area contributed by atoms with E-state index in [2.05, 4.69) is 28.9 Å². The molecular formula is C7H15N3. The number of piperazine rings is 1. The molecule has 58 valence electrons. The molecule has 1 aliphatic rings. The summed E-state index contributed by atoms with van der Waals surface area (Å²) < 4.78 is 0. The van der Waals surface area contributed by atoms with E-state index < -0.39 is 0 Å². The molecule has 0 amide bonds. The molecule has 1 saturated heterocycles. The van der Waals surface area contributed by atoms with Crippen LogP contribution >= 0.6 is 0 Å². The van der Waals surface area contributed by atoms with Gasteiger partial charge in [-0.05, 0) is 7.05 Å². The van der Waals surface area contributed by atoms with Crippen LogP contribution in [0.1, 0.15) is 0 Å². The first-order valence-electron chi connectivity index (χ1n) is 3.59. The van der Waals surface area contributed by atoms with Crippen molar-refractivity contribution in [2.24, 2.45) is 4.99 Å². The van der Waals surface area contributed by atoms with Gasteiger partial charge in [0, 0.05) is 27.2 Å². The highest BCUT2D eigenvalue weighted by atomic mass is 15.3. The Bertz CT molecular complexity index is 142. The summed E-state index contributed by atoms with van der Waals surface area (Å²) in [6.07, 6.45) is 0. The third-order valence-electron chi connectivity index (χ3n) is 1.93. The van der Waals surface area contributed by atoms with E-state index in [1.165, 1.54) is 5.84 Å². The zero-order chi connectivity index (χ0) is 7.56. The Morgan fingerprint density at radius 1 is 1.30 bits per heavy atom. The molecule has 0 unspecified atom stereocenters. The van der Waals surface area contributed by atoms with Crippen molar-refractivity contribution in [3.05, 3.63) is 0 Å². The van der Waals surface area contributed by atoms with Gasteiger partial charge in [-0.25, -0.2) is 0 Å². The van der Waals surface area contributed by atoms with Crippen molar-refractivity contribution < 1.29 is 0 Å². The van der Waals surface area contributed by atoms with E-state index in [9.17, 15) is 0 Å². The Kier molecular flexibility index (Phi) is 2.27. The number of amidine groups is 1. The van der Waals surface area contributed by atoms with Gasteiger partial charge >= 0.3 is 0 Å². The Balaban J connectivity index is 2.54. The fourth-order valence-electron chi connectivity index (χ4n) is 1.13. The molecule has 1 heterocycles. The zero-order valence-corrected chi connectivity index (χ0v) is 6.96. The van der Waals surface area contributed by atoms with Crippen LogP contribution in [0.3, 0.4) is 0 Å². The minimum atomic E-state index is 0.993. The van der Waals surface area contributed by atoms with Gasteiger partial charge in [-0.2, -0.15) is 0 Å². The summed E-state index contributed by atoms with van der Waals surface area (Å²) in [5.74, 6) is 1.19. The fourth-order valence-corrected chi connectivity index (χ4v) is 1.13. The summed E-state index contributed by atoms with van der Waals surface area (Å²) in [6, 6.07) is 0. The second-order valence-electron chi connectivity index (χ2n) is 2.80. The van der Waals surface area contributed by atoms with Crippen molar-refractivity contribution in [2.75, 3.05) is 40.8 Å². The number of hydrogen-bond acceptors (Lipinski definition) is 2. The third kappa shape index (κ3) is 1.48. The van der Waals surface area contributed by atoms with Gasteiger partial charge in [-0.3, -0.25) is 9.89 Å². The van der Waals surface area contributed by atoms with Crippen molar-refractivity contribution in [2.45, 2.75) is 0 Å². The molecule has 0 radical (unpaired) electrons. The highest BCUT2D eigenvalue weighted by Gasteiger charge is 2.14. The van der Waals surface area contributed by atoms with Gasteiger partial charge in [0.2, 0.25) is 0 Å². The maximum absolute atomic E-state index is 4.18. The molecule has 0 saturated carbocycles. The van der Waals surface area contributed by atoms with Gasteiger partial charge in [0.15, 0.2) is 0 Å². The van der Waals surface area contributed by atoms with E-state index in [1.807, 2.05) is 7.05 Å². The molecule has 0 atom stereocenters. The van der Waals surface area contributed by atoms with Gasteiger partial charge in [0.05, 0.1) is 6.54 Å². The molecule has 1 fully saturated rings. The second kappa shape index (κ2) is 3.01. The van der Waals surface area contributed by atoms with Crippen LogP contribution in [0.5, 0.6) is 0 Å². The molecule has 0 aromatic carbocycles. The van der Waals surface area contributed by atoms with Crippen molar-refractivity contribution in [3.63, 3.8) is 0 Å². The molecule has 3 nitrogen and oxygen atoms in total. The van der Waals surface area contributed by atoms with Crippen molar-refractivity contribution in [1.82, 2.24) is 9.80 Å². The average Bonchev–Trinajstić information content (AvgIpc) is 1.94. The molecule has 0 N–H and O–H groups in total. The highest BCUT2D eigenvalue weighted by Crippen LogP contribution is 1.98. The predicted molar refractivity (Wildman–Crippen MR) is 43.5 cm³/mol. The fraction of sp³-hybridized carbons (Fsp3) is 0.857. The van der Waals surface area contributed by atoms with E-state index in [-0.39, 0.29) is 0 Å². The zero-order valence-electron chi connectivity index (χ0n) is 6.96. The summed E-state index contributed by atoms with van der Waals surface area (Å²) in [6.45, 7) is 3.24. The summed E-state index contributed by atoms with van der Waals surface area (Å²) >= 11 is 0. The molecule has 1 aliphatic heterocycles. The minimum absolute atomic E-state index is 0.993. The Hall–Kier alpha value is -0.570. The third-order valence-corrected chi connectivity index (χ3v) is 1.93. The van der Waals surface area contributed by atoms with Gasteiger partial charge < -0.3 is 4.90 Å². The molecule has 10 heavy (non-hydrogen) atoms. The van der Waals surface area contributed by atoms with E-state index in [1.54, 1.807) is 0 Å². The summed E-state index contributed by atoms with van der Waals surface area (Å²) in [7, 11) is 6.07. The molecule has 3 heteroatoms. The Labute approximate surface area is 62.3 Å². The first-order chi connectivity index (χ1) is 4.74. The van der Waals surface area contributed by atoms with Crippen LogP contribution in [0.15, 0.2) is 4.99 Å². The van der Waals surface area contributed by atoms with Gasteiger partial charge in [0.25, 0.3) is 0 Å². The lowest BCUT2D eigenvalue weighted by Gasteiger charge is -2.32. The van der Waals surface area contributed by atoms with Crippen LogP contribution in [-0.2, 0) is 0 Å². The lowest BCUT2D eigenvalue weighted by molar-refractivity contribution is 0.288. The summed E-state index contributed by atoms with van der Waals surface area (Å²) in [4.78, 5) is 8.67. The molecule has 0 aromatic heterocycles. The molecule has 0 aliphatic carbocycles. The molecule has 1 rings (SSSR count). The van der Waals surface area contributed by atoms with E-state index >= 15 is 0 Å². The molecule has 0 bridgehead atoms. The lowest BCUT2D eigenvalue weighted by Crippen LogP contribution is -2.46. The van der Waals surface area contributed by atoms with Gasteiger partial charge in [-0.15, -0.1) is 0 Å². The monoisotopic (exact) mass is 141 g/mol. The maximum Gasteiger partial charge on any atom is 0.113 e. The van der Waals surface area contributed by atoms with E-state index in [0.29, 0.717) is 0 Å². The maximum atomic E-state index is 4.18. The van der Waals surface area contributed by atoms with E-state index in [4.69, 9.17) is 0 Å². The smallest absolute Gasteiger partial charge is 0.113 e. The highest BCUT2D eigenvalue weighted by molar-refractivity contribution is 5.84. The minimum Gasteiger partial charge on any atom is -0.361 e. The predicted octanol–water partition coefficient (Wildman–Crippen LogP) is -0.108. The number of hydrogen-bond donors (Lipinski definition) is 0. The average molecular weight is 141 g/mol. The second-order valence-corrected chi connectivity index (χ2v) is 2.80. The summed E-state index contributed by atoms with van der Waals surface area (Å²) in [5, 5.41) is 0. The van der Waals surface area contributed by atoms with Gasteiger partial charge in [0.1, 0.15) is 5.84 Å². The van der Waals surface area contributed by atoms with Crippen molar-refractivity contribution >= 4 is 5.84 Å². The van der Waals surface area contributed by atoms with Crippen LogP contribution < -0.4 is 0 Å². The van der Waals surface area contributed by atoms with Crippen LogP contribution in [0, 0.1) is 0 Å². The SMILES string of the molecule is CN=C1CN(C)CCN1C. The Morgan fingerprint density at radius 2 is 2.00 bits per heavy atom. The largest absolute Gasteiger partial charge is 0.361 e. The van der Waals surface area contributed by atoms with Crippen LogP contribution in [0.2, 0.25) is 0 Å². The summed E-state index contributed by atoms with van der Waals surface area (Å²) in [5.41, 5.74) is 0. The van der Waals surface area contributed by atoms with Crippen LogP contribution in [0.4, 0.5) is 0 Å². The normalized spacial score (nSPS) is 25.9. The standard InChI is InChI=1S/C7H15N3/c1-8-7-6-9(2)4-5-10(7)3/h4-6H2,1-3H3. The quantitative estimate of drug-likeness (QED) is 0.469. The molecule has 0 spiro atoms.